The number of hydrogen-bond acceptors (Lipinski definition) is 3. The Hall–Kier alpha value is -1.08. The number of carbonyl (C=O) groups excluding carboxylic acids is 1. The van der Waals surface area contributed by atoms with Crippen LogP contribution in [0.2, 0.25) is 0 Å². The molecule has 98 valence electrons. The van der Waals surface area contributed by atoms with Gasteiger partial charge >= 0.3 is 0 Å². The van der Waals surface area contributed by atoms with Gasteiger partial charge in [0.25, 0.3) is 0 Å². The first kappa shape index (κ1) is 15.9. The second-order valence-corrected chi connectivity index (χ2v) is 5.01. The van der Waals surface area contributed by atoms with Crippen molar-refractivity contribution in [3.05, 3.63) is 0 Å². The molecule has 4 nitrogen and oxygen atoms in total. The number of nitriles is 1. The van der Waals surface area contributed by atoms with Crippen molar-refractivity contribution in [3.63, 3.8) is 0 Å². The molecule has 0 rings (SSSR count). The lowest BCUT2D eigenvalue weighted by molar-refractivity contribution is -0.134. The van der Waals surface area contributed by atoms with E-state index < -0.39 is 0 Å². The molecular weight excluding hydrogens is 214 g/mol. The molecule has 0 aliphatic carbocycles. The van der Waals surface area contributed by atoms with Gasteiger partial charge in [0.05, 0.1) is 18.5 Å². The lowest BCUT2D eigenvalue weighted by atomic mass is 10.1. The van der Waals surface area contributed by atoms with Crippen molar-refractivity contribution in [1.82, 2.24) is 9.80 Å². The Bertz CT molecular complexity index is 270. The molecule has 0 aromatic carbocycles. The summed E-state index contributed by atoms with van der Waals surface area (Å²) in [4.78, 5) is 15.7. The van der Waals surface area contributed by atoms with Crippen LogP contribution in [0.5, 0.6) is 0 Å². The molecule has 1 amide bonds. The van der Waals surface area contributed by atoms with Crippen LogP contribution in [0.3, 0.4) is 0 Å². The third kappa shape index (κ3) is 6.28. The van der Waals surface area contributed by atoms with Crippen LogP contribution < -0.4 is 0 Å². The Morgan fingerprint density at radius 3 is 2.29 bits per heavy atom. The van der Waals surface area contributed by atoms with Crippen molar-refractivity contribution in [1.29, 1.82) is 5.26 Å². The summed E-state index contributed by atoms with van der Waals surface area (Å²) in [5.74, 6) is 0.738. The maximum Gasteiger partial charge on any atom is 0.239 e. The summed E-state index contributed by atoms with van der Waals surface area (Å²) in [6.45, 7) is 7.72. The standard InChI is InChI=1S/C13H25N3O/c1-11(2)7-10-15(4)12(3)13(17)16(5)9-6-8-14/h11-12H,6-7,9-10H2,1-5H3. The van der Waals surface area contributed by atoms with Crippen LogP contribution in [0.15, 0.2) is 0 Å². The van der Waals surface area contributed by atoms with Crippen LogP contribution in [0.25, 0.3) is 0 Å². The maximum atomic E-state index is 12.0. The molecule has 4 heteroatoms. The van der Waals surface area contributed by atoms with Gasteiger partial charge in [-0.2, -0.15) is 5.26 Å². The van der Waals surface area contributed by atoms with E-state index in [4.69, 9.17) is 5.26 Å². The van der Waals surface area contributed by atoms with E-state index in [1.165, 1.54) is 0 Å². The van der Waals surface area contributed by atoms with Gasteiger partial charge in [0.1, 0.15) is 0 Å². The first-order valence-corrected chi connectivity index (χ1v) is 6.22. The highest BCUT2D eigenvalue weighted by Gasteiger charge is 2.21. The van der Waals surface area contributed by atoms with Crippen LogP contribution in [-0.2, 0) is 4.79 Å². The Morgan fingerprint density at radius 2 is 1.82 bits per heavy atom. The number of hydrogen-bond donors (Lipinski definition) is 0. The van der Waals surface area contributed by atoms with Crippen molar-refractivity contribution < 1.29 is 4.79 Å². The van der Waals surface area contributed by atoms with Crippen molar-refractivity contribution in [2.75, 3.05) is 27.2 Å². The predicted molar refractivity (Wildman–Crippen MR) is 69.4 cm³/mol. The normalized spacial score (nSPS) is 12.6. The van der Waals surface area contributed by atoms with E-state index in [9.17, 15) is 4.79 Å². The van der Waals surface area contributed by atoms with Crippen LogP contribution in [0, 0.1) is 17.2 Å². The van der Waals surface area contributed by atoms with E-state index >= 15 is 0 Å². The zero-order valence-electron chi connectivity index (χ0n) is 11.7. The Morgan fingerprint density at radius 1 is 1.24 bits per heavy atom. The van der Waals surface area contributed by atoms with E-state index in [0.29, 0.717) is 18.9 Å². The van der Waals surface area contributed by atoms with Crippen molar-refractivity contribution in [2.45, 2.75) is 39.7 Å². The number of amides is 1. The fourth-order valence-corrected chi connectivity index (χ4v) is 1.49. The summed E-state index contributed by atoms with van der Waals surface area (Å²) in [6, 6.07) is 1.94. The number of rotatable bonds is 7. The van der Waals surface area contributed by atoms with Gasteiger partial charge in [0.15, 0.2) is 0 Å². The molecule has 0 fully saturated rings. The predicted octanol–water partition coefficient (Wildman–Crippen LogP) is 1.72. The van der Waals surface area contributed by atoms with Crippen LogP contribution in [0.4, 0.5) is 0 Å². The van der Waals surface area contributed by atoms with Crippen molar-refractivity contribution in [3.8, 4) is 6.07 Å². The van der Waals surface area contributed by atoms with Crippen LogP contribution in [-0.4, -0.2) is 48.9 Å². The number of likely N-dealkylation sites (N-methyl/N-ethyl adjacent to an activating group) is 2. The zero-order chi connectivity index (χ0) is 13.4. The van der Waals surface area contributed by atoms with Gasteiger partial charge in [-0.1, -0.05) is 13.8 Å². The summed E-state index contributed by atoms with van der Waals surface area (Å²) in [5.41, 5.74) is 0. The molecule has 17 heavy (non-hydrogen) atoms. The summed E-state index contributed by atoms with van der Waals surface area (Å²) >= 11 is 0. The number of nitrogens with zero attached hydrogens (tertiary/aromatic N) is 3. The third-order valence-electron chi connectivity index (χ3n) is 3.01. The van der Waals surface area contributed by atoms with Crippen molar-refractivity contribution in [2.24, 2.45) is 5.92 Å². The maximum absolute atomic E-state index is 12.0. The van der Waals surface area contributed by atoms with Crippen LogP contribution >= 0.6 is 0 Å². The summed E-state index contributed by atoms with van der Waals surface area (Å²) in [5, 5.41) is 8.49. The highest BCUT2D eigenvalue weighted by atomic mass is 16.2. The fourth-order valence-electron chi connectivity index (χ4n) is 1.49. The van der Waals surface area contributed by atoms with Crippen molar-refractivity contribution >= 4 is 5.91 Å². The smallest absolute Gasteiger partial charge is 0.239 e. The Kier molecular flexibility index (Phi) is 7.56. The minimum Gasteiger partial charge on any atom is -0.343 e. The van der Waals surface area contributed by atoms with Gasteiger partial charge in [-0.25, -0.2) is 0 Å². The largest absolute Gasteiger partial charge is 0.343 e. The molecule has 0 aliphatic heterocycles. The zero-order valence-corrected chi connectivity index (χ0v) is 11.7. The highest BCUT2D eigenvalue weighted by Crippen LogP contribution is 2.06. The summed E-state index contributed by atoms with van der Waals surface area (Å²) in [6.07, 6.45) is 1.49. The van der Waals surface area contributed by atoms with Gasteiger partial charge in [0, 0.05) is 13.6 Å². The molecule has 0 saturated carbocycles. The first-order chi connectivity index (χ1) is 7.90. The lowest BCUT2D eigenvalue weighted by Crippen LogP contribution is -2.44. The molecule has 0 spiro atoms. The van der Waals surface area contributed by atoms with Gasteiger partial charge in [-0.15, -0.1) is 0 Å². The molecule has 0 aliphatic rings. The van der Waals surface area contributed by atoms with Gasteiger partial charge < -0.3 is 4.90 Å². The second-order valence-electron chi connectivity index (χ2n) is 5.01. The van der Waals surface area contributed by atoms with E-state index in [-0.39, 0.29) is 11.9 Å². The van der Waals surface area contributed by atoms with E-state index in [2.05, 4.69) is 24.8 Å². The Balaban J connectivity index is 4.14. The molecule has 0 heterocycles. The topological polar surface area (TPSA) is 47.3 Å². The molecule has 0 aromatic rings. The molecule has 0 N–H and O–H groups in total. The fraction of sp³-hybridized carbons (Fsp3) is 0.846. The molecule has 0 saturated heterocycles. The minimum absolute atomic E-state index is 0.0894. The van der Waals surface area contributed by atoms with E-state index in [0.717, 1.165) is 13.0 Å². The Labute approximate surface area is 105 Å². The SMILES string of the molecule is CC(C)CCN(C)C(C)C(=O)N(C)CCC#N. The molecule has 0 aromatic heterocycles. The lowest BCUT2D eigenvalue weighted by Gasteiger charge is -2.28. The second kappa shape index (κ2) is 8.08. The molecule has 0 radical (unpaired) electrons. The van der Waals surface area contributed by atoms with Gasteiger partial charge in [-0.05, 0) is 32.9 Å². The molecule has 1 unspecified atom stereocenters. The monoisotopic (exact) mass is 239 g/mol. The summed E-state index contributed by atoms with van der Waals surface area (Å²) < 4.78 is 0. The average molecular weight is 239 g/mol. The summed E-state index contributed by atoms with van der Waals surface area (Å²) in [7, 11) is 3.73. The molecule has 1 atom stereocenters. The van der Waals surface area contributed by atoms with E-state index in [1.54, 1.807) is 11.9 Å². The molecular formula is C13H25N3O. The van der Waals surface area contributed by atoms with Gasteiger partial charge in [0.2, 0.25) is 5.91 Å². The number of carbonyl (C=O) groups is 1. The van der Waals surface area contributed by atoms with Gasteiger partial charge in [-0.3, -0.25) is 9.69 Å². The minimum atomic E-state index is -0.113. The first-order valence-electron chi connectivity index (χ1n) is 6.22. The van der Waals surface area contributed by atoms with Crippen LogP contribution in [0.1, 0.15) is 33.6 Å². The molecule has 0 bridgehead atoms. The van der Waals surface area contributed by atoms with E-state index in [1.807, 2.05) is 14.0 Å². The average Bonchev–Trinajstić information content (AvgIpc) is 2.30. The highest BCUT2D eigenvalue weighted by molar-refractivity contribution is 5.81. The third-order valence-corrected chi connectivity index (χ3v) is 3.01. The quantitative estimate of drug-likeness (QED) is 0.679.